The van der Waals surface area contributed by atoms with E-state index in [0.29, 0.717) is 6.54 Å². The fraction of sp³-hybridized carbons (Fsp3) is 0.647. The third kappa shape index (κ3) is 4.68. The van der Waals surface area contributed by atoms with Crippen LogP contribution in [0.4, 0.5) is 5.69 Å². The Morgan fingerprint density at radius 2 is 1.78 bits per heavy atom. The second-order valence-corrected chi connectivity index (χ2v) is 8.43. The molecule has 0 saturated carbocycles. The molecule has 0 spiro atoms. The number of hydrogen-bond acceptors (Lipinski definition) is 4. The third-order valence-corrected chi connectivity index (χ3v) is 5.98. The molecule has 0 unspecified atom stereocenters. The predicted octanol–water partition coefficient (Wildman–Crippen LogP) is 2.00. The van der Waals surface area contributed by atoms with Crippen LogP contribution in [-0.4, -0.2) is 63.7 Å². The molecule has 1 heterocycles. The van der Waals surface area contributed by atoms with E-state index >= 15 is 0 Å². The lowest BCUT2D eigenvalue weighted by Crippen LogP contribution is -2.46. The van der Waals surface area contributed by atoms with Crippen LogP contribution in [-0.2, 0) is 16.6 Å². The lowest BCUT2D eigenvalue weighted by atomic mass is 10.0. The van der Waals surface area contributed by atoms with E-state index < -0.39 is 10.0 Å². The van der Waals surface area contributed by atoms with Crippen molar-refractivity contribution in [1.82, 2.24) is 9.21 Å². The van der Waals surface area contributed by atoms with Gasteiger partial charge in [-0.2, -0.15) is 4.31 Å². The Hall–Kier alpha value is -1.11. The summed E-state index contributed by atoms with van der Waals surface area (Å²) in [5, 5.41) is 0. The van der Waals surface area contributed by atoms with Crippen molar-refractivity contribution in [2.24, 2.45) is 0 Å². The highest BCUT2D eigenvalue weighted by Gasteiger charge is 2.29. The normalized spacial score (nSPS) is 17.6. The third-order valence-electron chi connectivity index (χ3n) is 4.57. The van der Waals surface area contributed by atoms with Gasteiger partial charge < -0.3 is 4.90 Å². The first-order valence-corrected chi connectivity index (χ1v) is 10.1. The Balaban J connectivity index is 1.98. The van der Waals surface area contributed by atoms with Crippen LogP contribution < -0.4 is 4.90 Å². The zero-order chi connectivity index (χ0) is 17.0. The molecule has 0 aliphatic carbocycles. The largest absolute Gasteiger partial charge is 0.377 e. The van der Waals surface area contributed by atoms with Crippen molar-refractivity contribution >= 4 is 15.7 Å². The summed E-state index contributed by atoms with van der Waals surface area (Å²) in [6.45, 7) is 5.29. The number of likely N-dealkylation sites (tertiary alicyclic amines) is 1. The Bertz CT molecular complexity index is 608. The van der Waals surface area contributed by atoms with Crippen molar-refractivity contribution in [3.8, 4) is 0 Å². The van der Waals surface area contributed by atoms with Crippen LogP contribution in [0.2, 0.25) is 0 Å². The monoisotopic (exact) mass is 339 g/mol. The fourth-order valence-electron chi connectivity index (χ4n) is 3.45. The van der Waals surface area contributed by atoms with E-state index in [9.17, 15) is 8.42 Å². The summed E-state index contributed by atoms with van der Waals surface area (Å²) in [7, 11) is 1.03. The highest BCUT2D eigenvalue weighted by molar-refractivity contribution is 7.88. The van der Waals surface area contributed by atoms with Gasteiger partial charge in [-0.15, -0.1) is 0 Å². The Labute approximate surface area is 140 Å². The van der Waals surface area contributed by atoms with Crippen LogP contribution in [0.5, 0.6) is 0 Å². The molecule has 1 aliphatic rings. The van der Waals surface area contributed by atoms with E-state index in [2.05, 4.69) is 48.2 Å². The van der Waals surface area contributed by atoms with Crippen molar-refractivity contribution in [1.29, 1.82) is 0 Å². The second kappa shape index (κ2) is 7.64. The molecule has 0 aromatic heterocycles. The van der Waals surface area contributed by atoms with E-state index in [-0.39, 0.29) is 6.04 Å². The summed E-state index contributed by atoms with van der Waals surface area (Å²) in [5.41, 5.74) is 2.58. The zero-order valence-corrected chi connectivity index (χ0v) is 15.5. The molecule has 1 aromatic rings. The Morgan fingerprint density at radius 3 is 2.30 bits per heavy atom. The average molecular weight is 340 g/mol. The van der Waals surface area contributed by atoms with Gasteiger partial charge in [0.25, 0.3) is 0 Å². The molecule has 5 nitrogen and oxygen atoms in total. The SMILES string of the molecule is CCN(C1CCN(Cc2ccccc2N(C)C)CC1)S(C)(=O)=O. The van der Waals surface area contributed by atoms with Crippen molar-refractivity contribution in [2.45, 2.75) is 32.4 Å². The van der Waals surface area contributed by atoms with Gasteiger partial charge in [-0.1, -0.05) is 25.1 Å². The number of sulfonamides is 1. The minimum Gasteiger partial charge on any atom is -0.377 e. The van der Waals surface area contributed by atoms with Crippen molar-refractivity contribution in [2.75, 3.05) is 44.9 Å². The van der Waals surface area contributed by atoms with Crippen molar-refractivity contribution in [3.63, 3.8) is 0 Å². The van der Waals surface area contributed by atoms with Gasteiger partial charge >= 0.3 is 0 Å². The molecule has 0 bridgehead atoms. The first-order chi connectivity index (χ1) is 10.8. The van der Waals surface area contributed by atoms with Crippen LogP contribution in [0.15, 0.2) is 24.3 Å². The van der Waals surface area contributed by atoms with Gasteiger partial charge in [-0.05, 0) is 24.5 Å². The van der Waals surface area contributed by atoms with Gasteiger partial charge in [-0.3, -0.25) is 4.90 Å². The van der Waals surface area contributed by atoms with Crippen molar-refractivity contribution in [3.05, 3.63) is 29.8 Å². The summed E-state index contributed by atoms with van der Waals surface area (Å²) >= 11 is 0. The molecule has 0 amide bonds. The van der Waals surface area contributed by atoms with Gasteiger partial charge in [0.1, 0.15) is 0 Å². The van der Waals surface area contributed by atoms with E-state index in [1.165, 1.54) is 17.5 Å². The Kier molecular flexibility index (Phi) is 6.06. The number of anilines is 1. The van der Waals surface area contributed by atoms with Crippen LogP contribution in [0.1, 0.15) is 25.3 Å². The summed E-state index contributed by atoms with van der Waals surface area (Å²) < 4.78 is 25.4. The number of nitrogens with zero attached hydrogens (tertiary/aromatic N) is 3. The maximum atomic E-state index is 11.9. The van der Waals surface area contributed by atoms with Gasteiger partial charge in [0.05, 0.1) is 6.26 Å². The number of para-hydroxylation sites is 1. The Morgan fingerprint density at radius 1 is 1.17 bits per heavy atom. The van der Waals surface area contributed by atoms with Gasteiger partial charge in [0.2, 0.25) is 10.0 Å². The maximum absolute atomic E-state index is 11.9. The summed E-state index contributed by atoms with van der Waals surface area (Å²) in [6, 6.07) is 8.62. The maximum Gasteiger partial charge on any atom is 0.211 e. The molecule has 130 valence electrons. The molecule has 1 fully saturated rings. The number of piperidine rings is 1. The molecule has 0 radical (unpaired) electrons. The predicted molar refractivity (Wildman–Crippen MR) is 96.3 cm³/mol. The lowest BCUT2D eigenvalue weighted by Gasteiger charge is -2.37. The first kappa shape index (κ1) is 18.2. The summed E-state index contributed by atoms with van der Waals surface area (Å²) in [6.07, 6.45) is 3.13. The van der Waals surface area contributed by atoms with Crippen LogP contribution in [0.25, 0.3) is 0 Å². The minimum atomic E-state index is -3.10. The zero-order valence-electron chi connectivity index (χ0n) is 14.7. The van der Waals surface area contributed by atoms with Crippen LogP contribution >= 0.6 is 0 Å². The van der Waals surface area contributed by atoms with Crippen LogP contribution in [0, 0.1) is 0 Å². The highest BCUT2D eigenvalue weighted by atomic mass is 32.2. The number of benzene rings is 1. The molecule has 0 atom stereocenters. The average Bonchev–Trinajstić information content (AvgIpc) is 2.48. The van der Waals surface area contributed by atoms with Crippen molar-refractivity contribution < 1.29 is 8.42 Å². The van der Waals surface area contributed by atoms with E-state index in [0.717, 1.165) is 32.5 Å². The molecule has 1 aromatic carbocycles. The molecule has 1 aliphatic heterocycles. The van der Waals surface area contributed by atoms with Gasteiger partial charge in [0, 0.05) is 52.0 Å². The molecule has 1 saturated heterocycles. The quantitative estimate of drug-likeness (QED) is 0.795. The first-order valence-electron chi connectivity index (χ1n) is 8.27. The molecular formula is C17H29N3O2S. The molecular weight excluding hydrogens is 310 g/mol. The smallest absolute Gasteiger partial charge is 0.211 e. The van der Waals surface area contributed by atoms with Gasteiger partial charge in [-0.25, -0.2) is 8.42 Å². The van der Waals surface area contributed by atoms with Gasteiger partial charge in [0.15, 0.2) is 0 Å². The molecule has 6 heteroatoms. The number of rotatable bonds is 6. The standard InChI is InChI=1S/C17H29N3O2S/c1-5-20(23(4,21)22)16-10-12-19(13-11-16)14-15-8-6-7-9-17(15)18(2)3/h6-9,16H,5,10-14H2,1-4H3. The van der Waals surface area contributed by atoms with Crippen LogP contribution in [0.3, 0.4) is 0 Å². The van der Waals surface area contributed by atoms with E-state index in [1.807, 2.05) is 6.92 Å². The van der Waals surface area contributed by atoms with E-state index in [4.69, 9.17) is 0 Å². The second-order valence-electron chi connectivity index (χ2n) is 6.50. The minimum absolute atomic E-state index is 0.148. The van der Waals surface area contributed by atoms with E-state index in [1.54, 1.807) is 4.31 Å². The fourth-order valence-corrected chi connectivity index (χ4v) is 4.67. The topological polar surface area (TPSA) is 43.9 Å². The summed E-state index contributed by atoms with van der Waals surface area (Å²) in [4.78, 5) is 4.57. The molecule has 2 rings (SSSR count). The molecule has 23 heavy (non-hydrogen) atoms. The molecule has 0 N–H and O–H groups in total. The summed E-state index contributed by atoms with van der Waals surface area (Å²) in [5.74, 6) is 0. The lowest BCUT2D eigenvalue weighted by molar-refractivity contribution is 0.156. The highest BCUT2D eigenvalue weighted by Crippen LogP contribution is 2.24. The number of hydrogen-bond donors (Lipinski definition) is 0.